The van der Waals surface area contributed by atoms with Crippen LogP contribution in [0.15, 0.2) is 18.3 Å². The number of alkyl halides is 1. The van der Waals surface area contributed by atoms with E-state index in [1.54, 1.807) is 0 Å². The third-order valence-corrected chi connectivity index (χ3v) is 5.11. The molecule has 2 heteroatoms. The van der Waals surface area contributed by atoms with Crippen molar-refractivity contribution in [2.75, 3.05) is 0 Å². The molecule has 0 spiro atoms. The fraction of sp³-hybridized carbons (Fsp3) is 0.667. The zero-order valence-corrected chi connectivity index (χ0v) is 11.2. The Kier molecular flexibility index (Phi) is 3.12. The van der Waals surface area contributed by atoms with Gasteiger partial charge in [-0.05, 0) is 55.6 Å². The Morgan fingerprint density at radius 3 is 2.82 bits per heavy atom. The highest BCUT2D eigenvalue weighted by molar-refractivity contribution is 6.20. The summed E-state index contributed by atoms with van der Waals surface area (Å²) >= 11 is 6.62. The number of halogens is 1. The molecule has 4 unspecified atom stereocenters. The second-order valence-electron chi connectivity index (χ2n) is 5.89. The van der Waals surface area contributed by atoms with Crippen molar-refractivity contribution in [1.29, 1.82) is 0 Å². The van der Waals surface area contributed by atoms with Gasteiger partial charge in [0.25, 0.3) is 0 Å². The van der Waals surface area contributed by atoms with E-state index in [9.17, 15) is 0 Å². The number of nitrogens with zero attached hydrogens (tertiary/aromatic N) is 1. The Hall–Kier alpha value is -0.560. The maximum atomic E-state index is 6.62. The molecule has 1 aromatic rings. The van der Waals surface area contributed by atoms with E-state index in [0.717, 1.165) is 29.9 Å². The average Bonchev–Trinajstić information content (AvgIpc) is 2.94. The second-order valence-corrected chi connectivity index (χ2v) is 6.45. The highest BCUT2D eigenvalue weighted by Gasteiger charge is 2.42. The molecule has 0 N–H and O–H groups in total. The molecule has 2 aliphatic carbocycles. The molecule has 1 heterocycles. The van der Waals surface area contributed by atoms with Gasteiger partial charge < -0.3 is 0 Å². The van der Waals surface area contributed by atoms with Gasteiger partial charge in [0.05, 0.1) is 0 Å². The molecule has 2 aliphatic rings. The van der Waals surface area contributed by atoms with E-state index < -0.39 is 0 Å². The van der Waals surface area contributed by atoms with Crippen LogP contribution in [0.2, 0.25) is 0 Å². The first kappa shape index (κ1) is 11.5. The molecule has 3 rings (SSSR count). The summed E-state index contributed by atoms with van der Waals surface area (Å²) in [6.45, 7) is 2.07. The summed E-state index contributed by atoms with van der Waals surface area (Å²) in [4.78, 5) is 4.47. The fourth-order valence-electron chi connectivity index (χ4n) is 3.71. The summed E-state index contributed by atoms with van der Waals surface area (Å²) < 4.78 is 0. The van der Waals surface area contributed by atoms with Gasteiger partial charge in [-0.2, -0.15) is 0 Å². The Morgan fingerprint density at radius 2 is 2.24 bits per heavy atom. The lowest BCUT2D eigenvalue weighted by atomic mass is 9.85. The Morgan fingerprint density at radius 1 is 1.35 bits per heavy atom. The summed E-state index contributed by atoms with van der Waals surface area (Å²) in [7, 11) is 0. The van der Waals surface area contributed by atoms with Crippen LogP contribution in [-0.2, 0) is 6.42 Å². The van der Waals surface area contributed by atoms with Crippen LogP contribution in [-0.4, -0.2) is 10.4 Å². The van der Waals surface area contributed by atoms with E-state index >= 15 is 0 Å². The van der Waals surface area contributed by atoms with E-state index in [-0.39, 0.29) is 0 Å². The van der Waals surface area contributed by atoms with Crippen LogP contribution in [0.5, 0.6) is 0 Å². The normalized spacial score (nSPS) is 32.9. The van der Waals surface area contributed by atoms with Crippen LogP contribution in [0.4, 0.5) is 0 Å². The summed E-state index contributed by atoms with van der Waals surface area (Å²) in [5, 5.41) is 0.292. The van der Waals surface area contributed by atoms with Crippen LogP contribution in [0.3, 0.4) is 0 Å². The molecule has 0 aliphatic heterocycles. The second kappa shape index (κ2) is 4.61. The minimum absolute atomic E-state index is 0.292. The molecule has 2 bridgehead atoms. The standard InChI is InChI=1S/C15H20ClN/c1-10-2-5-13(17-9-10)8-15(16)14-7-11-3-4-12(14)6-11/h2,5,9,11-12,14-15H,3-4,6-8H2,1H3. The maximum Gasteiger partial charge on any atom is 0.0422 e. The van der Waals surface area contributed by atoms with Gasteiger partial charge >= 0.3 is 0 Å². The first-order valence-electron chi connectivity index (χ1n) is 6.78. The van der Waals surface area contributed by atoms with Crippen molar-refractivity contribution in [3.63, 3.8) is 0 Å². The van der Waals surface area contributed by atoms with Crippen molar-refractivity contribution in [3.05, 3.63) is 29.6 Å². The van der Waals surface area contributed by atoms with Gasteiger partial charge in [0.15, 0.2) is 0 Å². The quantitative estimate of drug-likeness (QED) is 0.739. The van der Waals surface area contributed by atoms with Gasteiger partial charge in [-0.15, -0.1) is 11.6 Å². The van der Waals surface area contributed by atoms with Crippen molar-refractivity contribution in [2.24, 2.45) is 17.8 Å². The van der Waals surface area contributed by atoms with Gasteiger partial charge in [-0.3, -0.25) is 4.98 Å². The smallest absolute Gasteiger partial charge is 0.0422 e. The van der Waals surface area contributed by atoms with Gasteiger partial charge in [0.1, 0.15) is 0 Å². The van der Waals surface area contributed by atoms with Crippen LogP contribution in [0.1, 0.15) is 36.9 Å². The highest BCUT2D eigenvalue weighted by atomic mass is 35.5. The van der Waals surface area contributed by atoms with Crippen molar-refractivity contribution in [2.45, 2.75) is 44.4 Å². The molecular weight excluding hydrogens is 230 g/mol. The predicted molar refractivity (Wildman–Crippen MR) is 71.3 cm³/mol. The van der Waals surface area contributed by atoms with E-state index in [4.69, 9.17) is 11.6 Å². The predicted octanol–water partition coefficient (Wildman–Crippen LogP) is 3.98. The Labute approximate surface area is 109 Å². The molecule has 0 radical (unpaired) electrons. The molecule has 2 fully saturated rings. The number of hydrogen-bond donors (Lipinski definition) is 0. The van der Waals surface area contributed by atoms with E-state index in [2.05, 4.69) is 24.0 Å². The lowest BCUT2D eigenvalue weighted by molar-refractivity contribution is 0.319. The summed E-state index contributed by atoms with van der Waals surface area (Å²) in [6, 6.07) is 4.25. The number of aryl methyl sites for hydroxylation is 1. The minimum atomic E-state index is 0.292. The van der Waals surface area contributed by atoms with Crippen LogP contribution in [0.25, 0.3) is 0 Å². The number of pyridine rings is 1. The molecule has 92 valence electrons. The Bertz CT molecular complexity index is 386. The number of fused-ring (bicyclic) bond motifs is 2. The third kappa shape index (κ3) is 2.35. The fourth-order valence-corrected chi connectivity index (χ4v) is 4.17. The molecule has 4 atom stereocenters. The zero-order chi connectivity index (χ0) is 11.8. The number of aromatic nitrogens is 1. The monoisotopic (exact) mass is 249 g/mol. The van der Waals surface area contributed by atoms with Crippen LogP contribution >= 0.6 is 11.6 Å². The summed E-state index contributed by atoms with van der Waals surface area (Å²) in [5.41, 5.74) is 2.37. The number of hydrogen-bond acceptors (Lipinski definition) is 1. The first-order chi connectivity index (χ1) is 8.22. The van der Waals surface area contributed by atoms with Gasteiger partial charge in [-0.1, -0.05) is 12.5 Å². The molecule has 1 nitrogen and oxygen atoms in total. The average molecular weight is 250 g/mol. The molecular formula is C15H20ClN. The third-order valence-electron chi connectivity index (χ3n) is 4.63. The van der Waals surface area contributed by atoms with Crippen molar-refractivity contribution >= 4 is 11.6 Å². The Balaban J connectivity index is 1.63. The van der Waals surface area contributed by atoms with Crippen molar-refractivity contribution in [3.8, 4) is 0 Å². The molecule has 0 aromatic carbocycles. The SMILES string of the molecule is Cc1ccc(CC(Cl)C2CC3CCC2C3)nc1. The summed E-state index contributed by atoms with van der Waals surface area (Å²) in [6.07, 6.45) is 8.56. The minimum Gasteiger partial charge on any atom is -0.261 e. The van der Waals surface area contributed by atoms with E-state index in [0.29, 0.717) is 5.38 Å². The van der Waals surface area contributed by atoms with Gasteiger partial charge in [0.2, 0.25) is 0 Å². The topological polar surface area (TPSA) is 12.9 Å². The van der Waals surface area contributed by atoms with Gasteiger partial charge in [0, 0.05) is 23.7 Å². The molecule has 1 aromatic heterocycles. The van der Waals surface area contributed by atoms with Gasteiger partial charge in [-0.25, -0.2) is 0 Å². The number of rotatable bonds is 3. The molecule has 0 saturated heterocycles. The van der Waals surface area contributed by atoms with E-state index in [1.165, 1.54) is 31.2 Å². The van der Waals surface area contributed by atoms with Crippen molar-refractivity contribution in [1.82, 2.24) is 4.98 Å². The van der Waals surface area contributed by atoms with Crippen LogP contribution in [0, 0.1) is 24.7 Å². The lowest BCUT2D eigenvalue weighted by Crippen LogP contribution is -2.23. The first-order valence-corrected chi connectivity index (χ1v) is 7.21. The lowest BCUT2D eigenvalue weighted by Gasteiger charge is -2.26. The maximum absolute atomic E-state index is 6.62. The van der Waals surface area contributed by atoms with Crippen molar-refractivity contribution < 1.29 is 0 Å². The molecule has 0 amide bonds. The van der Waals surface area contributed by atoms with E-state index in [1.807, 2.05) is 6.20 Å². The highest BCUT2D eigenvalue weighted by Crippen LogP contribution is 2.50. The molecule has 2 saturated carbocycles. The van der Waals surface area contributed by atoms with Crippen LogP contribution < -0.4 is 0 Å². The zero-order valence-electron chi connectivity index (χ0n) is 10.4. The summed E-state index contributed by atoms with van der Waals surface area (Å²) in [5.74, 6) is 2.64. The largest absolute Gasteiger partial charge is 0.261 e. The molecule has 17 heavy (non-hydrogen) atoms.